The van der Waals surface area contributed by atoms with Crippen molar-refractivity contribution >= 4 is 31.8 Å². The Morgan fingerprint density at radius 1 is 1.21 bits per heavy atom. The molecule has 4 nitrogen and oxygen atoms in total. The highest BCUT2D eigenvalue weighted by Gasteiger charge is 2.80. The van der Waals surface area contributed by atoms with E-state index in [0.29, 0.717) is 31.8 Å². The van der Waals surface area contributed by atoms with Crippen LogP contribution >= 0.6 is 23.5 Å². The number of hydrogen-bond acceptors (Lipinski definition) is 6. The Kier molecular flexibility index (Phi) is 11.1. The van der Waals surface area contributed by atoms with Crippen LogP contribution in [0.15, 0.2) is 36.0 Å². The molecule has 5 fully saturated rings. The minimum Gasteiger partial charge on any atom is -0.416 e. The molecule has 0 aromatic rings. The highest BCUT2D eigenvalue weighted by Crippen LogP contribution is 2.81. The second kappa shape index (κ2) is 13.4. The van der Waals surface area contributed by atoms with E-state index in [1.807, 2.05) is 0 Å². The summed E-state index contributed by atoms with van der Waals surface area (Å²) in [5, 5.41) is 12.6. The van der Waals surface area contributed by atoms with E-state index in [1.54, 1.807) is 7.11 Å². The number of fused-ring (bicyclic) bond motifs is 1. The molecule has 7 heteroatoms. The summed E-state index contributed by atoms with van der Waals surface area (Å²) in [4.78, 5) is 0. The van der Waals surface area contributed by atoms with Crippen molar-refractivity contribution in [3.05, 3.63) is 36.0 Å². The summed E-state index contributed by atoms with van der Waals surface area (Å²) in [5.41, 5.74) is 3.03. The lowest BCUT2D eigenvalue weighted by Gasteiger charge is -2.46. The molecule has 0 amide bonds. The molecule has 4 aliphatic carbocycles. The van der Waals surface area contributed by atoms with Crippen LogP contribution in [0.4, 0.5) is 0 Å². The van der Waals surface area contributed by atoms with Crippen molar-refractivity contribution in [2.45, 2.75) is 114 Å². The zero-order valence-electron chi connectivity index (χ0n) is 28.0. The van der Waals surface area contributed by atoms with E-state index in [9.17, 15) is 5.11 Å². The molecule has 0 spiro atoms. The number of methoxy groups -OCH3 is 1. The van der Waals surface area contributed by atoms with Gasteiger partial charge in [0, 0.05) is 31.5 Å². The number of thioether (sulfide) groups is 2. The maximum absolute atomic E-state index is 12.5. The lowest BCUT2D eigenvalue weighted by Crippen LogP contribution is -2.49. The summed E-state index contributed by atoms with van der Waals surface area (Å²) in [5.74, 6) is 3.64. The van der Waals surface area contributed by atoms with Crippen molar-refractivity contribution in [3.63, 3.8) is 0 Å². The molecular weight excluding hydrogens is 577 g/mol. The van der Waals surface area contributed by atoms with Gasteiger partial charge >= 0.3 is 0 Å². The Morgan fingerprint density at radius 3 is 2.50 bits per heavy atom. The minimum absolute atomic E-state index is 0.158. The third-order valence-corrected chi connectivity index (χ3v) is 19.7. The molecular formula is C35H60O4S2Si. The van der Waals surface area contributed by atoms with Gasteiger partial charge in [0.25, 0.3) is 0 Å². The quantitative estimate of drug-likeness (QED) is 0.0789. The molecule has 1 N–H and O–H groups in total. The van der Waals surface area contributed by atoms with Gasteiger partial charge in [-0.1, -0.05) is 64.5 Å². The second-order valence-electron chi connectivity index (χ2n) is 15.4. The maximum Gasteiger partial charge on any atom is 0.192 e. The molecule has 4 bridgehead atoms. The van der Waals surface area contributed by atoms with Gasteiger partial charge in [-0.25, -0.2) is 0 Å². The van der Waals surface area contributed by atoms with Crippen molar-refractivity contribution in [2.24, 2.45) is 29.1 Å². The summed E-state index contributed by atoms with van der Waals surface area (Å²) >= 11 is 4.36. The molecule has 1 saturated heterocycles. The van der Waals surface area contributed by atoms with Crippen LogP contribution in [0.25, 0.3) is 0 Å². The maximum atomic E-state index is 12.5. The highest BCUT2D eigenvalue weighted by atomic mass is 32.2. The molecule has 6 atom stereocenters. The van der Waals surface area contributed by atoms with Gasteiger partial charge in [-0.2, -0.15) is 0 Å². The summed E-state index contributed by atoms with van der Waals surface area (Å²) in [6.45, 7) is 27.1. The summed E-state index contributed by atoms with van der Waals surface area (Å²) in [6.07, 6.45) is 11.6. The lowest BCUT2D eigenvalue weighted by atomic mass is 9.63. The van der Waals surface area contributed by atoms with E-state index in [2.05, 4.69) is 83.9 Å². The summed E-state index contributed by atoms with van der Waals surface area (Å²) in [6, 6.07) is 0. The number of hydrogen-bond donors (Lipinski definition) is 1. The first-order valence-electron chi connectivity index (χ1n) is 16.4. The molecule has 6 unspecified atom stereocenters. The van der Waals surface area contributed by atoms with Gasteiger partial charge in [0.2, 0.25) is 0 Å². The van der Waals surface area contributed by atoms with Crippen LogP contribution in [0.2, 0.25) is 18.1 Å². The molecule has 240 valence electrons. The fraction of sp³-hybridized carbons (Fsp3) is 0.829. The van der Waals surface area contributed by atoms with Crippen LogP contribution in [-0.2, 0) is 13.9 Å². The molecule has 0 aromatic carbocycles. The van der Waals surface area contributed by atoms with Crippen molar-refractivity contribution in [1.29, 1.82) is 0 Å². The number of aliphatic hydroxyl groups is 1. The number of rotatable bonds is 16. The molecule has 1 aliphatic heterocycles. The lowest BCUT2D eigenvalue weighted by molar-refractivity contribution is -0.0299. The minimum atomic E-state index is -1.93. The number of allylic oxidation sites excluding steroid dienone is 1. The van der Waals surface area contributed by atoms with Crippen LogP contribution < -0.4 is 0 Å². The van der Waals surface area contributed by atoms with E-state index < -0.39 is 13.9 Å². The first-order valence-corrected chi connectivity index (χ1v) is 21.3. The van der Waals surface area contributed by atoms with Gasteiger partial charge < -0.3 is 19.0 Å². The van der Waals surface area contributed by atoms with Crippen LogP contribution in [0.3, 0.4) is 0 Å². The Hall–Kier alpha value is -0.0231. The van der Waals surface area contributed by atoms with Crippen LogP contribution in [0.5, 0.6) is 0 Å². The monoisotopic (exact) mass is 636 g/mol. The normalized spacial score (nSPS) is 33.1. The van der Waals surface area contributed by atoms with Crippen LogP contribution in [0.1, 0.15) is 86.0 Å². The average molecular weight is 637 g/mol. The molecule has 42 heavy (non-hydrogen) atoms. The van der Waals surface area contributed by atoms with Crippen molar-refractivity contribution in [2.75, 3.05) is 38.6 Å². The zero-order chi connectivity index (χ0) is 31.0. The topological polar surface area (TPSA) is 47.9 Å². The van der Waals surface area contributed by atoms with E-state index in [0.717, 1.165) is 31.3 Å². The molecule has 5 aliphatic rings. The fourth-order valence-electron chi connectivity index (χ4n) is 8.01. The standard InChI is InChI=1S/C35H60O4S2Si/c1-25(22-38-24-37-8)14-11-17-34(40-20-13-21-41-34)18-12-15-28(23-39-42(9,10)32(4,5)6)27(3)35(36)29-16-19-33(7)30(26(29)2)31(33)35/h14,28-31,36H,2-3,11-13,15-24H2,1,4-10H3/b25-14+. The SMILES string of the molecule is C=C1C2C3C2(C)CCC1C3(O)C(=C)C(CCCC1(CC/C=C(\C)COCOC)SCCCS1)CO[Si](C)(C)C(C)(C)C. The average Bonchev–Trinajstić information content (AvgIpc) is 3.52. The summed E-state index contributed by atoms with van der Waals surface area (Å²) < 4.78 is 17.7. The van der Waals surface area contributed by atoms with E-state index >= 15 is 0 Å². The smallest absolute Gasteiger partial charge is 0.192 e. The van der Waals surface area contributed by atoms with Gasteiger partial charge in [-0.15, -0.1) is 23.5 Å². The first-order chi connectivity index (χ1) is 19.6. The molecule has 0 radical (unpaired) electrons. The Balaban J connectivity index is 1.45. The number of ether oxygens (including phenoxy) is 2. The third kappa shape index (κ3) is 6.88. The van der Waals surface area contributed by atoms with E-state index in [-0.39, 0.29) is 26.4 Å². The molecule has 0 aromatic heterocycles. The zero-order valence-corrected chi connectivity index (χ0v) is 30.6. The Labute approximate surface area is 267 Å². The largest absolute Gasteiger partial charge is 0.416 e. The Bertz CT molecular complexity index is 1010. The van der Waals surface area contributed by atoms with Gasteiger partial charge in [-0.3, -0.25) is 0 Å². The second-order valence-corrected chi connectivity index (χ2v) is 23.5. The molecule has 4 saturated carbocycles. The van der Waals surface area contributed by atoms with Gasteiger partial charge in [0.1, 0.15) is 6.79 Å². The van der Waals surface area contributed by atoms with Gasteiger partial charge in [0.15, 0.2) is 8.32 Å². The molecule has 1 heterocycles. The van der Waals surface area contributed by atoms with Crippen LogP contribution in [0, 0.1) is 29.1 Å². The van der Waals surface area contributed by atoms with E-state index in [1.165, 1.54) is 48.3 Å². The predicted octanol–water partition coefficient (Wildman–Crippen LogP) is 9.23. The summed E-state index contributed by atoms with van der Waals surface area (Å²) in [7, 11) is -0.265. The van der Waals surface area contributed by atoms with Gasteiger partial charge in [0.05, 0.1) is 16.3 Å². The van der Waals surface area contributed by atoms with Crippen molar-refractivity contribution in [1.82, 2.24) is 0 Å². The predicted molar refractivity (Wildman–Crippen MR) is 185 cm³/mol. The highest BCUT2D eigenvalue weighted by molar-refractivity contribution is 8.18. The first kappa shape index (κ1) is 34.8. The fourth-order valence-corrected chi connectivity index (χ4v) is 12.5. The van der Waals surface area contributed by atoms with Crippen molar-refractivity contribution < 1.29 is 19.0 Å². The van der Waals surface area contributed by atoms with Gasteiger partial charge in [-0.05, 0) is 98.4 Å². The Morgan fingerprint density at radius 2 is 1.90 bits per heavy atom. The van der Waals surface area contributed by atoms with Crippen molar-refractivity contribution in [3.8, 4) is 0 Å². The van der Waals surface area contributed by atoms with Crippen LogP contribution in [-0.4, -0.2) is 61.7 Å². The molecule has 5 rings (SSSR count). The van der Waals surface area contributed by atoms with E-state index in [4.69, 9.17) is 20.5 Å². The third-order valence-electron chi connectivity index (χ3n) is 11.6.